The van der Waals surface area contributed by atoms with E-state index in [0.717, 1.165) is 10.9 Å². The Balaban J connectivity index is 2.21. The minimum Gasteiger partial charge on any atom is -0.451 e. The van der Waals surface area contributed by atoms with Gasteiger partial charge in [-0.2, -0.15) is 0 Å². The molecule has 0 aliphatic rings. The molecule has 0 unspecified atom stereocenters. The molecule has 2 aromatic carbocycles. The summed E-state index contributed by atoms with van der Waals surface area (Å²) in [7, 11) is 0. The number of furan rings is 1. The standard InChI is InChI=1S/C16H10BrClO2/c17-9-12-11-7-4-8-13(18)15(11)20-16(12)14(19)10-5-2-1-3-6-10/h1-8H,9H2. The molecule has 0 amide bonds. The highest BCUT2D eigenvalue weighted by Crippen LogP contribution is 2.33. The van der Waals surface area contributed by atoms with Crippen molar-refractivity contribution in [1.29, 1.82) is 0 Å². The van der Waals surface area contributed by atoms with Gasteiger partial charge in [0.25, 0.3) is 0 Å². The minimum absolute atomic E-state index is 0.132. The van der Waals surface area contributed by atoms with Crippen LogP contribution in [0.3, 0.4) is 0 Å². The van der Waals surface area contributed by atoms with Crippen LogP contribution < -0.4 is 0 Å². The van der Waals surface area contributed by atoms with Gasteiger partial charge in [-0.3, -0.25) is 4.79 Å². The largest absolute Gasteiger partial charge is 0.451 e. The van der Waals surface area contributed by atoms with Crippen molar-refractivity contribution in [3.8, 4) is 0 Å². The van der Waals surface area contributed by atoms with E-state index >= 15 is 0 Å². The van der Waals surface area contributed by atoms with Gasteiger partial charge in [-0.05, 0) is 6.07 Å². The quantitative estimate of drug-likeness (QED) is 0.480. The van der Waals surface area contributed by atoms with Crippen LogP contribution in [0.25, 0.3) is 11.0 Å². The molecule has 0 bridgehead atoms. The van der Waals surface area contributed by atoms with Gasteiger partial charge in [0.1, 0.15) is 0 Å². The first-order chi connectivity index (χ1) is 9.72. The van der Waals surface area contributed by atoms with Crippen molar-refractivity contribution >= 4 is 44.3 Å². The van der Waals surface area contributed by atoms with Gasteiger partial charge in [0, 0.05) is 21.8 Å². The molecule has 0 saturated carbocycles. The fraction of sp³-hybridized carbons (Fsp3) is 0.0625. The van der Waals surface area contributed by atoms with Gasteiger partial charge >= 0.3 is 0 Å². The molecule has 1 heterocycles. The number of carbonyl (C=O) groups excluding carboxylic acids is 1. The van der Waals surface area contributed by atoms with Crippen molar-refractivity contribution in [2.24, 2.45) is 0 Å². The lowest BCUT2D eigenvalue weighted by Crippen LogP contribution is -2.01. The van der Waals surface area contributed by atoms with E-state index in [1.165, 1.54) is 0 Å². The molecule has 0 fully saturated rings. The molecule has 3 aromatic rings. The predicted octanol–water partition coefficient (Wildman–Crippen LogP) is 5.21. The first-order valence-electron chi connectivity index (χ1n) is 6.08. The molecule has 0 saturated heterocycles. The third-order valence-corrected chi connectivity index (χ3v) is 4.00. The molecule has 2 nitrogen and oxygen atoms in total. The maximum atomic E-state index is 12.5. The van der Waals surface area contributed by atoms with E-state index in [1.807, 2.05) is 30.3 Å². The van der Waals surface area contributed by atoms with Crippen LogP contribution in [0.1, 0.15) is 21.7 Å². The Morgan fingerprint density at radius 2 is 1.85 bits per heavy atom. The zero-order chi connectivity index (χ0) is 14.1. The lowest BCUT2D eigenvalue weighted by atomic mass is 10.1. The number of halogens is 2. The molecule has 0 N–H and O–H groups in total. The molecule has 0 atom stereocenters. The second-order valence-corrected chi connectivity index (χ2v) is 5.32. The van der Waals surface area contributed by atoms with Crippen molar-refractivity contribution in [3.05, 3.63) is 70.4 Å². The molecule has 0 aliphatic heterocycles. The summed E-state index contributed by atoms with van der Waals surface area (Å²) in [5, 5.41) is 1.92. The average molecular weight is 350 g/mol. The first kappa shape index (κ1) is 13.4. The van der Waals surface area contributed by atoms with Gasteiger partial charge < -0.3 is 4.42 Å². The molecule has 4 heteroatoms. The predicted molar refractivity (Wildman–Crippen MR) is 83.7 cm³/mol. The zero-order valence-corrected chi connectivity index (χ0v) is 12.7. The molecule has 0 radical (unpaired) electrons. The Hall–Kier alpha value is -1.58. The van der Waals surface area contributed by atoms with E-state index in [0.29, 0.717) is 27.3 Å². The summed E-state index contributed by atoms with van der Waals surface area (Å²) in [5.41, 5.74) is 1.99. The third kappa shape index (κ3) is 2.17. The number of rotatable bonds is 3. The Bertz CT molecular complexity index is 778. The molecule has 1 aromatic heterocycles. The minimum atomic E-state index is -0.132. The number of benzene rings is 2. The number of fused-ring (bicyclic) bond motifs is 1. The fourth-order valence-corrected chi connectivity index (χ4v) is 2.94. The SMILES string of the molecule is O=C(c1ccccc1)c1oc2c(Cl)cccc2c1CBr. The smallest absolute Gasteiger partial charge is 0.228 e. The summed E-state index contributed by atoms with van der Waals surface area (Å²) in [6.45, 7) is 0. The maximum Gasteiger partial charge on any atom is 0.228 e. The van der Waals surface area contributed by atoms with Gasteiger partial charge in [0.05, 0.1) is 5.02 Å². The highest BCUT2D eigenvalue weighted by atomic mass is 79.9. The molecular weight excluding hydrogens is 340 g/mol. The van der Waals surface area contributed by atoms with E-state index in [1.54, 1.807) is 18.2 Å². The van der Waals surface area contributed by atoms with Crippen LogP contribution in [0.4, 0.5) is 0 Å². The molecule has 100 valence electrons. The van der Waals surface area contributed by atoms with Crippen molar-refractivity contribution in [2.45, 2.75) is 5.33 Å². The van der Waals surface area contributed by atoms with Crippen LogP contribution in [0.5, 0.6) is 0 Å². The number of carbonyl (C=O) groups is 1. The van der Waals surface area contributed by atoms with E-state index in [2.05, 4.69) is 15.9 Å². The Labute approximate surface area is 129 Å². The number of ketones is 1. The van der Waals surface area contributed by atoms with Crippen LogP contribution in [0.15, 0.2) is 52.9 Å². The number of hydrogen-bond acceptors (Lipinski definition) is 2. The summed E-state index contributed by atoms with van der Waals surface area (Å²) >= 11 is 9.55. The zero-order valence-electron chi connectivity index (χ0n) is 10.4. The fourth-order valence-electron chi connectivity index (χ4n) is 2.17. The number of alkyl halides is 1. The van der Waals surface area contributed by atoms with Crippen molar-refractivity contribution in [3.63, 3.8) is 0 Å². The van der Waals surface area contributed by atoms with E-state index in [4.69, 9.17) is 16.0 Å². The van der Waals surface area contributed by atoms with E-state index in [-0.39, 0.29) is 5.78 Å². The van der Waals surface area contributed by atoms with Crippen LogP contribution in [-0.2, 0) is 5.33 Å². The summed E-state index contributed by atoms with van der Waals surface area (Å²) in [6.07, 6.45) is 0. The number of hydrogen-bond donors (Lipinski definition) is 0. The Kier molecular flexibility index (Phi) is 3.64. The number of para-hydroxylation sites is 1. The molecule has 3 rings (SSSR count). The molecule has 0 aliphatic carbocycles. The Morgan fingerprint density at radius 1 is 1.10 bits per heavy atom. The monoisotopic (exact) mass is 348 g/mol. The second kappa shape index (κ2) is 5.43. The summed E-state index contributed by atoms with van der Waals surface area (Å²) in [6, 6.07) is 14.6. The normalized spacial score (nSPS) is 10.9. The summed E-state index contributed by atoms with van der Waals surface area (Å²) in [4.78, 5) is 12.5. The van der Waals surface area contributed by atoms with Crippen LogP contribution >= 0.6 is 27.5 Å². The molecule has 20 heavy (non-hydrogen) atoms. The molecule has 0 spiro atoms. The summed E-state index contributed by atoms with van der Waals surface area (Å²) in [5.74, 6) is 0.212. The topological polar surface area (TPSA) is 30.2 Å². The van der Waals surface area contributed by atoms with Crippen molar-refractivity contribution < 1.29 is 9.21 Å². The molecular formula is C16H10BrClO2. The average Bonchev–Trinajstić information content (AvgIpc) is 2.87. The van der Waals surface area contributed by atoms with Crippen LogP contribution in [0, 0.1) is 0 Å². The highest BCUT2D eigenvalue weighted by Gasteiger charge is 2.21. The van der Waals surface area contributed by atoms with Crippen LogP contribution in [-0.4, -0.2) is 5.78 Å². The van der Waals surface area contributed by atoms with Gasteiger partial charge in [-0.1, -0.05) is 70.0 Å². The Morgan fingerprint density at radius 3 is 2.55 bits per heavy atom. The van der Waals surface area contributed by atoms with Gasteiger partial charge in [-0.15, -0.1) is 0 Å². The highest BCUT2D eigenvalue weighted by molar-refractivity contribution is 9.08. The first-order valence-corrected chi connectivity index (χ1v) is 7.58. The maximum absolute atomic E-state index is 12.5. The van der Waals surface area contributed by atoms with Gasteiger partial charge in [-0.25, -0.2) is 0 Å². The lowest BCUT2D eigenvalue weighted by Gasteiger charge is -1.99. The van der Waals surface area contributed by atoms with Crippen LogP contribution in [0.2, 0.25) is 5.02 Å². The summed E-state index contributed by atoms with van der Waals surface area (Å²) < 4.78 is 5.73. The van der Waals surface area contributed by atoms with Gasteiger partial charge in [0.15, 0.2) is 11.3 Å². The van der Waals surface area contributed by atoms with E-state index in [9.17, 15) is 4.79 Å². The lowest BCUT2D eigenvalue weighted by molar-refractivity contribution is 0.101. The van der Waals surface area contributed by atoms with Crippen molar-refractivity contribution in [1.82, 2.24) is 0 Å². The second-order valence-electron chi connectivity index (χ2n) is 4.36. The van der Waals surface area contributed by atoms with Crippen molar-refractivity contribution in [2.75, 3.05) is 0 Å². The third-order valence-electron chi connectivity index (χ3n) is 3.15. The van der Waals surface area contributed by atoms with Gasteiger partial charge in [0.2, 0.25) is 5.78 Å². The van der Waals surface area contributed by atoms with E-state index < -0.39 is 0 Å².